The van der Waals surface area contributed by atoms with Crippen molar-refractivity contribution >= 4 is 0 Å². The Kier molecular flexibility index (Phi) is 6.91. The van der Waals surface area contributed by atoms with E-state index in [-0.39, 0.29) is 13.2 Å². The Hall–Kier alpha value is -0.600. The van der Waals surface area contributed by atoms with Crippen molar-refractivity contribution in [3.05, 3.63) is 24.3 Å². The van der Waals surface area contributed by atoms with E-state index in [1.165, 1.54) is 0 Å². The number of hydrogen-bond acceptors (Lipinski definition) is 2. The van der Waals surface area contributed by atoms with E-state index in [2.05, 4.69) is 0 Å². The summed E-state index contributed by atoms with van der Waals surface area (Å²) in [6, 6.07) is 0. The molecule has 2 heteroatoms. The van der Waals surface area contributed by atoms with E-state index in [1.807, 2.05) is 6.08 Å². The van der Waals surface area contributed by atoms with Crippen LogP contribution in [0.2, 0.25) is 0 Å². The Bertz CT molecular complexity index is 95.1. The fraction of sp³-hybridized carbons (Fsp3) is 0.429. The third-order valence-electron chi connectivity index (χ3n) is 0.784. The normalized spacial score (nSPS) is 11.8. The van der Waals surface area contributed by atoms with Gasteiger partial charge < -0.3 is 10.2 Å². The zero-order valence-electron chi connectivity index (χ0n) is 5.33. The summed E-state index contributed by atoms with van der Waals surface area (Å²) in [6.45, 7) is 0.257. The molecule has 0 aliphatic rings. The van der Waals surface area contributed by atoms with Crippen molar-refractivity contribution in [2.24, 2.45) is 0 Å². The van der Waals surface area contributed by atoms with Gasteiger partial charge in [-0.25, -0.2) is 0 Å². The number of hydrogen-bond donors (Lipinski definition) is 2. The summed E-state index contributed by atoms with van der Waals surface area (Å²) >= 11 is 0. The maximum atomic E-state index is 8.30. The molecule has 0 rings (SSSR count). The fourth-order valence-corrected chi connectivity index (χ4v) is 0.389. The first kappa shape index (κ1) is 8.40. The largest absolute Gasteiger partial charge is 0.396 e. The average molecular weight is 128 g/mol. The second-order valence-electron chi connectivity index (χ2n) is 1.55. The lowest BCUT2D eigenvalue weighted by Gasteiger charge is -1.79. The Morgan fingerprint density at radius 2 is 1.67 bits per heavy atom. The molecule has 0 fully saturated rings. The maximum absolute atomic E-state index is 8.30. The quantitative estimate of drug-likeness (QED) is 0.540. The molecule has 0 spiro atoms. The van der Waals surface area contributed by atoms with Gasteiger partial charge in [0.25, 0.3) is 0 Å². The van der Waals surface area contributed by atoms with Crippen LogP contribution >= 0.6 is 0 Å². The lowest BCUT2D eigenvalue weighted by molar-refractivity contribution is 0.302. The third kappa shape index (κ3) is 7.40. The van der Waals surface area contributed by atoms with Crippen LogP contribution in [0.5, 0.6) is 0 Å². The predicted octanol–water partition coefficient (Wildman–Crippen LogP) is 0.473. The van der Waals surface area contributed by atoms with Gasteiger partial charge in [0, 0.05) is 6.61 Å². The molecule has 0 amide bonds. The van der Waals surface area contributed by atoms with E-state index < -0.39 is 0 Å². The van der Waals surface area contributed by atoms with Crippen LogP contribution in [0.4, 0.5) is 0 Å². The third-order valence-corrected chi connectivity index (χ3v) is 0.784. The molecule has 2 nitrogen and oxygen atoms in total. The molecular weight excluding hydrogens is 116 g/mol. The monoisotopic (exact) mass is 128 g/mol. The fourth-order valence-electron chi connectivity index (χ4n) is 0.389. The summed E-state index contributed by atoms with van der Waals surface area (Å²) in [7, 11) is 0. The molecule has 0 aliphatic heterocycles. The van der Waals surface area contributed by atoms with Crippen molar-refractivity contribution in [2.45, 2.75) is 6.42 Å². The van der Waals surface area contributed by atoms with Crippen LogP contribution in [0.25, 0.3) is 0 Å². The topological polar surface area (TPSA) is 40.5 Å². The first-order chi connectivity index (χ1) is 4.41. The van der Waals surface area contributed by atoms with Crippen LogP contribution in [-0.4, -0.2) is 23.4 Å². The van der Waals surface area contributed by atoms with Crippen LogP contribution in [-0.2, 0) is 0 Å². The van der Waals surface area contributed by atoms with E-state index >= 15 is 0 Å². The van der Waals surface area contributed by atoms with Gasteiger partial charge in [-0.2, -0.15) is 0 Å². The van der Waals surface area contributed by atoms with Gasteiger partial charge in [0.15, 0.2) is 0 Å². The average Bonchev–Trinajstić information content (AvgIpc) is 1.89. The predicted molar refractivity (Wildman–Crippen MR) is 37.1 cm³/mol. The minimum atomic E-state index is 0.0729. The zero-order valence-corrected chi connectivity index (χ0v) is 5.33. The molecular formula is C7H12O2. The highest BCUT2D eigenvalue weighted by Gasteiger charge is 1.69. The van der Waals surface area contributed by atoms with E-state index in [1.54, 1.807) is 18.2 Å². The van der Waals surface area contributed by atoms with Crippen molar-refractivity contribution in [1.29, 1.82) is 0 Å². The summed E-state index contributed by atoms with van der Waals surface area (Å²) in [4.78, 5) is 0. The molecule has 2 N–H and O–H groups in total. The molecule has 0 heterocycles. The van der Waals surface area contributed by atoms with Gasteiger partial charge in [0.05, 0.1) is 6.61 Å². The Balaban J connectivity index is 3.13. The molecule has 0 aliphatic carbocycles. The van der Waals surface area contributed by atoms with Gasteiger partial charge in [-0.3, -0.25) is 0 Å². The van der Waals surface area contributed by atoms with Gasteiger partial charge in [-0.05, 0) is 6.42 Å². The van der Waals surface area contributed by atoms with Crippen molar-refractivity contribution < 1.29 is 10.2 Å². The number of allylic oxidation sites excluding steroid dienone is 2. The Labute approximate surface area is 55.1 Å². The highest BCUT2D eigenvalue weighted by molar-refractivity contribution is 5.01. The van der Waals surface area contributed by atoms with Crippen LogP contribution in [0.15, 0.2) is 24.3 Å². The molecule has 0 atom stereocenters. The van der Waals surface area contributed by atoms with Crippen molar-refractivity contribution in [3.8, 4) is 0 Å². The Morgan fingerprint density at radius 1 is 1.00 bits per heavy atom. The van der Waals surface area contributed by atoms with Crippen LogP contribution in [0, 0.1) is 0 Å². The smallest absolute Gasteiger partial charge is 0.0615 e. The Morgan fingerprint density at radius 3 is 2.22 bits per heavy atom. The molecule has 0 saturated heterocycles. The molecule has 52 valence electrons. The zero-order chi connectivity index (χ0) is 6.95. The van der Waals surface area contributed by atoms with Gasteiger partial charge in [0.1, 0.15) is 0 Å². The van der Waals surface area contributed by atoms with Crippen molar-refractivity contribution in [1.82, 2.24) is 0 Å². The van der Waals surface area contributed by atoms with E-state index in [9.17, 15) is 0 Å². The number of aliphatic hydroxyl groups is 2. The van der Waals surface area contributed by atoms with Crippen LogP contribution < -0.4 is 0 Å². The van der Waals surface area contributed by atoms with Gasteiger partial charge in [0.2, 0.25) is 0 Å². The molecule has 0 aromatic carbocycles. The number of rotatable bonds is 4. The molecule has 9 heavy (non-hydrogen) atoms. The van der Waals surface area contributed by atoms with Crippen molar-refractivity contribution in [3.63, 3.8) is 0 Å². The molecule has 0 unspecified atom stereocenters. The highest BCUT2D eigenvalue weighted by atomic mass is 16.3. The minimum Gasteiger partial charge on any atom is -0.396 e. The molecule has 0 aromatic heterocycles. The first-order valence-electron chi connectivity index (χ1n) is 2.95. The number of aliphatic hydroxyl groups excluding tert-OH is 2. The van der Waals surface area contributed by atoms with Gasteiger partial charge in [-0.15, -0.1) is 0 Å². The standard InChI is InChI=1S/C7H12O2/c8-6-4-2-1-3-5-7-9/h1-4,8-9H,5-7H2/b3-1+,4-2+. The van der Waals surface area contributed by atoms with Crippen molar-refractivity contribution in [2.75, 3.05) is 13.2 Å². The lowest BCUT2D eigenvalue weighted by Crippen LogP contribution is -1.74. The minimum absolute atomic E-state index is 0.0729. The lowest BCUT2D eigenvalue weighted by atomic mass is 10.4. The van der Waals surface area contributed by atoms with E-state index in [0.29, 0.717) is 6.42 Å². The summed E-state index contributed by atoms with van der Waals surface area (Å²) in [5.74, 6) is 0. The molecule has 0 aromatic rings. The summed E-state index contributed by atoms with van der Waals surface area (Å²) in [5.41, 5.74) is 0. The van der Waals surface area contributed by atoms with E-state index in [0.717, 1.165) is 0 Å². The summed E-state index contributed by atoms with van der Waals surface area (Å²) < 4.78 is 0. The summed E-state index contributed by atoms with van der Waals surface area (Å²) in [6.07, 6.45) is 7.69. The summed E-state index contributed by atoms with van der Waals surface area (Å²) in [5, 5.41) is 16.6. The van der Waals surface area contributed by atoms with Gasteiger partial charge >= 0.3 is 0 Å². The van der Waals surface area contributed by atoms with Gasteiger partial charge in [-0.1, -0.05) is 24.3 Å². The molecule has 0 radical (unpaired) electrons. The van der Waals surface area contributed by atoms with Crippen LogP contribution in [0.1, 0.15) is 6.42 Å². The molecule has 0 saturated carbocycles. The maximum Gasteiger partial charge on any atom is 0.0615 e. The second kappa shape index (κ2) is 7.40. The molecule has 0 bridgehead atoms. The van der Waals surface area contributed by atoms with Crippen LogP contribution in [0.3, 0.4) is 0 Å². The second-order valence-corrected chi connectivity index (χ2v) is 1.55. The van der Waals surface area contributed by atoms with E-state index in [4.69, 9.17) is 10.2 Å². The highest BCUT2D eigenvalue weighted by Crippen LogP contribution is 1.81. The first-order valence-corrected chi connectivity index (χ1v) is 2.95. The SMILES string of the molecule is OC/C=C/C=C/CCO.